The standard InChI is InChI=1S/C16H26N2OS/c1-3-14-12-15(20-13(14)2)16(19)17-8-7-11-18-9-5-4-6-10-18/h12H,3-11H2,1-2H3,(H,17,19). The van der Waals surface area contributed by atoms with Crippen molar-refractivity contribution >= 4 is 17.2 Å². The maximum Gasteiger partial charge on any atom is 0.261 e. The van der Waals surface area contributed by atoms with Crippen molar-refractivity contribution in [3.63, 3.8) is 0 Å². The lowest BCUT2D eigenvalue weighted by atomic mass is 10.1. The zero-order chi connectivity index (χ0) is 14.4. The predicted molar refractivity (Wildman–Crippen MR) is 85.7 cm³/mol. The Bertz CT molecular complexity index is 436. The van der Waals surface area contributed by atoms with Crippen LogP contribution in [0.1, 0.15) is 52.7 Å². The van der Waals surface area contributed by atoms with Crippen molar-refractivity contribution in [1.29, 1.82) is 0 Å². The SMILES string of the molecule is CCc1cc(C(=O)NCCCN2CCCCC2)sc1C. The Morgan fingerprint density at radius 1 is 1.35 bits per heavy atom. The molecule has 2 rings (SSSR count). The molecule has 1 saturated heterocycles. The van der Waals surface area contributed by atoms with Crippen molar-refractivity contribution in [2.45, 2.75) is 46.0 Å². The van der Waals surface area contributed by atoms with Crippen LogP contribution in [0.3, 0.4) is 0 Å². The van der Waals surface area contributed by atoms with Crippen LogP contribution < -0.4 is 5.32 Å². The van der Waals surface area contributed by atoms with E-state index in [1.54, 1.807) is 11.3 Å². The molecule has 3 nitrogen and oxygen atoms in total. The van der Waals surface area contributed by atoms with E-state index in [1.807, 2.05) is 6.07 Å². The van der Waals surface area contributed by atoms with Crippen molar-refractivity contribution in [2.75, 3.05) is 26.2 Å². The van der Waals surface area contributed by atoms with E-state index in [1.165, 1.54) is 42.8 Å². The van der Waals surface area contributed by atoms with Crippen LogP contribution in [0.2, 0.25) is 0 Å². The summed E-state index contributed by atoms with van der Waals surface area (Å²) in [6, 6.07) is 2.04. The second-order valence-corrected chi connectivity index (χ2v) is 6.81. The van der Waals surface area contributed by atoms with Crippen LogP contribution in [-0.2, 0) is 6.42 Å². The molecule has 0 spiro atoms. The minimum atomic E-state index is 0.0939. The Morgan fingerprint density at radius 2 is 2.10 bits per heavy atom. The number of rotatable bonds is 6. The van der Waals surface area contributed by atoms with E-state index >= 15 is 0 Å². The molecule has 4 heteroatoms. The Hall–Kier alpha value is -0.870. The van der Waals surface area contributed by atoms with E-state index in [-0.39, 0.29) is 5.91 Å². The van der Waals surface area contributed by atoms with Gasteiger partial charge in [-0.25, -0.2) is 0 Å². The second kappa shape index (κ2) is 7.79. The van der Waals surface area contributed by atoms with Crippen LogP contribution in [0.4, 0.5) is 0 Å². The molecule has 112 valence electrons. The van der Waals surface area contributed by atoms with Gasteiger partial charge in [-0.2, -0.15) is 0 Å². The molecule has 0 saturated carbocycles. The van der Waals surface area contributed by atoms with Crippen LogP contribution in [0.25, 0.3) is 0 Å². The lowest BCUT2D eigenvalue weighted by molar-refractivity contribution is 0.0955. The fourth-order valence-corrected chi connectivity index (χ4v) is 3.79. The Morgan fingerprint density at radius 3 is 2.75 bits per heavy atom. The maximum absolute atomic E-state index is 12.1. The molecule has 0 aliphatic carbocycles. The van der Waals surface area contributed by atoms with Crippen LogP contribution in [-0.4, -0.2) is 37.0 Å². The first-order chi connectivity index (χ1) is 9.70. The highest BCUT2D eigenvalue weighted by Crippen LogP contribution is 2.21. The van der Waals surface area contributed by atoms with Crippen LogP contribution in [0, 0.1) is 6.92 Å². The molecule has 20 heavy (non-hydrogen) atoms. The number of carbonyl (C=O) groups excluding carboxylic acids is 1. The summed E-state index contributed by atoms with van der Waals surface area (Å²) < 4.78 is 0. The molecular weight excluding hydrogens is 268 g/mol. The topological polar surface area (TPSA) is 32.3 Å². The number of nitrogens with one attached hydrogen (secondary N) is 1. The molecule has 0 aromatic carbocycles. The molecule has 1 fully saturated rings. The van der Waals surface area contributed by atoms with Crippen LogP contribution in [0.5, 0.6) is 0 Å². The Kier molecular flexibility index (Phi) is 6.05. The van der Waals surface area contributed by atoms with Gasteiger partial charge in [-0.05, 0) is 63.9 Å². The van der Waals surface area contributed by atoms with E-state index in [2.05, 4.69) is 24.1 Å². The zero-order valence-electron chi connectivity index (χ0n) is 12.7. The van der Waals surface area contributed by atoms with Gasteiger partial charge < -0.3 is 10.2 Å². The van der Waals surface area contributed by atoms with Gasteiger partial charge in [-0.3, -0.25) is 4.79 Å². The number of hydrogen-bond donors (Lipinski definition) is 1. The molecule has 1 aromatic rings. The predicted octanol–water partition coefficient (Wildman–Crippen LogP) is 3.22. The summed E-state index contributed by atoms with van der Waals surface area (Å²) in [7, 11) is 0. The molecule has 1 aliphatic rings. The van der Waals surface area contributed by atoms with Gasteiger partial charge in [0.25, 0.3) is 5.91 Å². The monoisotopic (exact) mass is 294 g/mol. The van der Waals surface area contributed by atoms with Crippen molar-refractivity contribution in [1.82, 2.24) is 10.2 Å². The average Bonchev–Trinajstić information content (AvgIpc) is 2.86. The van der Waals surface area contributed by atoms with Gasteiger partial charge in [0, 0.05) is 11.4 Å². The summed E-state index contributed by atoms with van der Waals surface area (Å²) in [5, 5.41) is 3.05. The number of likely N-dealkylation sites (tertiary alicyclic amines) is 1. The van der Waals surface area contributed by atoms with Crippen LogP contribution >= 0.6 is 11.3 Å². The third kappa shape index (κ3) is 4.32. The van der Waals surface area contributed by atoms with Gasteiger partial charge in [-0.1, -0.05) is 13.3 Å². The van der Waals surface area contributed by atoms with E-state index in [4.69, 9.17) is 0 Å². The molecule has 2 heterocycles. The van der Waals surface area contributed by atoms with Gasteiger partial charge in [-0.15, -0.1) is 11.3 Å². The molecule has 1 aliphatic heterocycles. The second-order valence-electron chi connectivity index (χ2n) is 5.56. The number of hydrogen-bond acceptors (Lipinski definition) is 3. The van der Waals surface area contributed by atoms with Gasteiger partial charge in [0.05, 0.1) is 4.88 Å². The summed E-state index contributed by atoms with van der Waals surface area (Å²) >= 11 is 1.61. The van der Waals surface area contributed by atoms with E-state index in [0.29, 0.717) is 0 Å². The first kappa shape index (κ1) is 15.5. The van der Waals surface area contributed by atoms with Crippen molar-refractivity contribution in [2.24, 2.45) is 0 Å². The summed E-state index contributed by atoms with van der Waals surface area (Å²) in [6.07, 6.45) is 6.10. The Balaban J connectivity index is 1.69. The lowest BCUT2D eigenvalue weighted by Crippen LogP contribution is -2.33. The lowest BCUT2D eigenvalue weighted by Gasteiger charge is -2.26. The molecule has 1 N–H and O–H groups in total. The summed E-state index contributed by atoms with van der Waals surface area (Å²) in [5.41, 5.74) is 1.30. The number of aryl methyl sites for hydroxylation is 2. The highest BCUT2D eigenvalue weighted by Gasteiger charge is 2.12. The van der Waals surface area contributed by atoms with E-state index in [9.17, 15) is 4.79 Å². The first-order valence-electron chi connectivity index (χ1n) is 7.80. The molecule has 0 radical (unpaired) electrons. The highest BCUT2D eigenvalue weighted by molar-refractivity contribution is 7.14. The number of nitrogens with zero attached hydrogens (tertiary/aromatic N) is 1. The first-order valence-corrected chi connectivity index (χ1v) is 8.62. The van der Waals surface area contributed by atoms with Gasteiger partial charge in [0.1, 0.15) is 0 Å². The van der Waals surface area contributed by atoms with Crippen LogP contribution in [0.15, 0.2) is 6.07 Å². The third-order valence-corrected chi connectivity index (χ3v) is 5.10. The molecule has 1 aromatic heterocycles. The normalized spacial score (nSPS) is 16.3. The molecule has 0 atom stereocenters. The third-order valence-electron chi connectivity index (χ3n) is 4.01. The van der Waals surface area contributed by atoms with Crippen molar-refractivity contribution < 1.29 is 4.79 Å². The van der Waals surface area contributed by atoms with E-state index < -0.39 is 0 Å². The maximum atomic E-state index is 12.1. The largest absolute Gasteiger partial charge is 0.351 e. The minimum Gasteiger partial charge on any atom is -0.351 e. The molecule has 0 unspecified atom stereocenters. The van der Waals surface area contributed by atoms with Gasteiger partial charge in [0.15, 0.2) is 0 Å². The minimum absolute atomic E-state index is 0.0939. The summed E-state index contributed by atoms with van der Waals surface area (Å²) in [5.74, 6) is 0.0939. The zero-order valence-corrected chi connectivity index (χ0v) is 13.5. The van der Waals surface area contributed by atoms with E-state index in [0.717, 1.165) is 30.8 Å². The molecular formula is C16H26N2OS. The quantitative estimate of drug-likeness (QED) is 0.817. The van der Waals surface area contributed by atoms with Gasteiger partial charge >= 0.3 is 0 Å². The van der Waals surface area contributed by atoms with Gasteiger partial charge in [0.2, 0.25) is 0 Å². The number of carbonyl (C=O) groups is 1. The van der Waals surface area contributed by atoms with Crippen molar-refractivity contribution in [3.8, 4) is 0 Å². The summed E-state index contributed by atoms with van der Waals surface area (Å²) in [4.78, 5) is 16.7. The fourth-order valence-electron chi connectivity index (χ4n) is 2.76. The average molecular weight is 294 g/mol. The molecule has 0 bridgehead atoms. The summed E-state index contributed by atoms with van der Waals surface area (Å²) in [6.45, 7) is 8.60. The molecule has 1 amide bonds. The number of thiophene rings is 1. The number of amides is 1. The smallest absolute Gasteiger partial charge is 0.261 e. The Labute approximate surface area is 126 Å². The number of piperidine rings is 1. The highest BCUT2D eigenvalue weighted by atomic mass is 32.1. The fraction of sp³-hybridized carbons (Fsp3) is 0.688. The van der Waals surface area contributed by atoms with Crippen molar-refractivity contribution in [3.05, 3.63) is 21.4 Å².